The molecular weight excluding hydrogens is 208 g/mol. The van der Waals surface area contributed by atoms with Crippen LogP contribution in [0.2, 0.25) is 5.02 Å². The Hall–Kier alpha value is -0.730. The van der Waals surface area contributed by atoms with Gasteiger partial charge >= 0.3 is 0 Å². The molecule has 1 rings (SSSR count). The molecule has 0 saturated heterocycles. The van der Waals surface area contributed by atoms with Crippen molar-refractivity contribution >= 4 is 17.3 Å². The van der Waals surface area contributed by atoms with Gasteiger partial charge in [-0.25, -0.2) is 0 Å². The second kappa shape index (κ2) is 5.38. The molecule has 0 radical (unpaired) electrons. The number of nitrogens with two attached hydrogens (primary N) is 1. The van der Waals surface area contributed by atoms with Gasteiger partial charge < -0.3 is 10.6 Å². The lowest BCUT2D eigenvalue weighted by Crippen LogP contribution is -2.30. The van der Waals surface area contributed by atoms with Crippen molar-refractivity contribution < 1.29 is 0 Å². The maximum absolute atomic E-state index is 6.09. The summed E-state index contributed by atoms with van der Waals surface area (Å²) in [7, 11) is 2.07. The van der Waals surface area contributed by atoms with Crippen LogP contribution in [-0.2, 0) is 0 Å². The third-order valence-corrected chi connectivity index (χ3v) is 3.22. The van der Waals surface area contributed by atoms with Crippen molar-refractivity contribution in [2.24, 2.45) is 5.73 Å². The molecule has 84 valence electrons. The van der Waals surface area contributed by atoms with E-state index in [1.807, 2.05) is 19.1 Å². The zero-order chi connectivity index (χ0) is 11.4. The second-order valence-electron chi connectivity index (χ2n) is 3.97. The van der Waals surface area contributed by atoms with E-state index in [1.54, 1.807) is 0 Å². The summed E-state index contributed by atoms with van der Waals surface area (Å²) < 4.78 is 0. The number of halogens is 1. The van der Waals surface area contributed by atoms with Gasteiger partial charge in [-0.05, 0) is 44.5 Å². The molecule has 0 amide bonds. The van der Waals surface area contributed by atoms with E-state index in [0.717, 1.165) is 22.7 Å². The van der Waals surface area contributed by atoms with Crippen LogP contribution in [-0.4, -0.2) is 19.6 Å². The van der Waals surface area contributed by atoms with Crippen LogP contribution < -0.4 is 10.6 Å². The summed E-state index contributed by atoms with van der Waals surface area (Å²) in [6.45, 7) is 4.89. The predicted molar refractivity (Wildman–Crippen MR) is 67.7 cm³/mol. The van der Waals surface area contributed by atoms with E-state index in [9.17, 15) is 0 Å². The molecule has 0 aliphatic heterocycles. The minimum absolute atomic E-state index is 0.439. The highest BCUT2D eigenvalue weighted by Gasteiger charge is 2.09. The van der Waals surface area contributed by atoms with Gasteiger partial charge in [0, 0.05) is 23.8 Å². The maximum Gasteiger partial charge on any atom is 0.0455 e. The second-order valence-corrected chi connectivity index (χ2v) is 4.38. The molecule has 0 heterocycles. The molecule has 3 heteroatoms. The van der Waals surface area contributed by atoms with E-state index in [0.29, 0.717) is 12.6 Å². The molecule has 0 aromatic heterocycles. The van der Waals surface area contributed by atoms with E-state index < -0.39 is 0 Å². The van der Waals surface area contributed by atoms with Crippen molar-refractivity contribution in [1.29, 1.82) is 0 Å². The Labute approximate surface area is 97.0 Å². The van der Waals surface area contributed by atoms with Gasteiger partial charge in [-0.15, -0.1) is 0 Å². The van der Waals surface area contributed by atoms with E-state index in [1.165, 1.54) is 0 Å². The summed E-state index contributed by atoms with van der Waals surface area (Å²) >= 11 is 6.09. The highest BCUT2D eigenvalue weighted by molar-refractivity contribution is 6.31. The van der Waals surface area contributed by atoms with E-state index in [2.05, 4.69) is 24.9 Å². The van der Waals surface area contributed by atoms with Gasteiger partial charge in [0.1, 0.15) is 0 Å². The van der Waals surface area contributed by atoms with Crippen molar-refractivity contribution in [3.05, 3.63) is 28.8 Å². The zero-order valence-electron chi connectivity index (χ0n) is 9.63. The Morgan fingerprint density at radius 3 is 2.67 bits per heavy atom. The third kappa shape index (κ3) is 3.11. The molecule has 0 aliphatic carbocycles. The maximum atomic E-state index is 6.09. The lowest BCUT2D eigenvalue weighted by atomic mass is 10.1. The van der Waals surface area contributed by atoms with Crippen LogP contribution in [0.1, 0.15) is 18.9 Å². The van der Waals surface area contributed by atoms with E-state index >= 15 is 0 Å². The Morgan fingerprint density at radius 1 is 1.47 bits per heavy atom. The van der Waals surface area contributed by atoms with Crippen molar-refractivity contribution in [1.82, 2.24) is 0 Å². The molecule has 0 spiro atoms. The number of benzene rings is 1. The first-order valence-corrected chi connectivity index (χ1v) is 5.63. The van der Waals surface area contributed by atoms with Gasteiger partial charge in [0.15, 0.2) is 0 Å². The first kappa shape index (κ1) is 12.3. The van der Waals surface area contributed by atoms with Gasteiger partial charge in [-0.3, -0.25) is 0 Å². The number of hydrogen-bond donors (Lipinski definition) is 1. The first-order valence-electron chi connectivity index (χ1n) is 5.25. The summed E-state index contributed by atoms with van der Waals surface area (Å²) in [4.78, 5) is 2.21. The fourth-order valence-corrected chi connectivity index (χ4v) is 1.67. The SMILES string of the molecule is Cc1ccc(N(C)C(C)CCN)cc1Cl. The van der Waals surface area contributed by atoms with Crippen LogP contribution in [0.15, 0.2) is 18.2 Å². The summed E-state index contributed by atoms with van der Waals surface area (Å²) in [5.41, 5.74) is 7.80. The Morgan fingerprint density at radius 2 is 2.13 bits per heavy atom. The van der Waals surface area contributed by atoms with Crippen LogP contribution in [0, 0.1) is 6.92 Å². The summed E-state index contributed by atoms with van der Waals surface area (Å²) in [6.07, 6.45) is 0.988. The number of aryl methyl sites for hydroxylation is 1. The van der Waals surface area contributed by atoms with Crippen molar-refractivity contribution in [2.45, 2.75) is 26.3 Å². The van der Waals surface area contributed by atoms with Crippen molar-refractivity contribution in [3.8, 4) is 0 Å². The van der Waals surface area contributed by atoms with Crippen LogP contribution in [0.3, 0.4) is 0 Å². The van der Waals surface area contributed by atoms with Crippen molar-refractivity contribution in [2.75, 3.05) is 18.5 Å². The number of rotatable bonds is 4. The average molecular weight is 227 g/mol. The van der Waals surface area contributed by atoms with Crippen LogP contribution >= 0.6 is 11.6 Å². The topological polar surface area (TPSA) is 29.3 Å². The number of nitrogens with zero attached hydrogens (tertiary/aromatic N) is 1. The van der Waals surface area contributed by atoms with E-state index in [4.69, 9.17) is 17.3 Å². The van der Waals surface area contributed by atoms with Crippen LogP contribution in [0.5, 0.6) is 0 Å². The average Bonchev–Trinajstić information content (AvgIpc) is 2.21. The normalized spacial score (nSPS) is 12.6. The van der Waals surface area contributed by atoms with Crippen LogP contribution in [0.25, 0.3) is 0 Å². The molecule has 15 heavy (non-hydrogen) atoms. The summed E-state index contributed by atoms with van der Waals surface area (Å²) in [5, 5.41) is 0.819. The molecule has 2 nitrogen and oxygen atoms in total. The standard InChI is InChI=1S/C12H19ClN2/c1-9-4-5-11(8-12(9)13)15(3)10(2)6-7-14/h4-5,8,10H,6-7,14H2,1-3H3. The van der Waals surface area contributed by atoms with Crippen molar-refractivity contribution in [3.63, 3.8) is 0 Å². The Balaban J connectivity index is 2.81. The minimum Gasteiger partial charge on any atom is -0.372 e. The number of anilines is 1. The minimum atomic E-state index is 0.439. The van der Waals surface area contributed by atoms with Gasteiger partial charge in [0.05, 0.1) is 0 Å². The van der Waals surface area contributed by atoms with Gasteiger partial charge in [-0.2, -0.15) is 0 Å². The molecule has 0 aliphatic rings. The first-order chi connectivity index (χ1) is 7.06. The summed E-state index contributed by atoms with van der Waals surface area (Å²) in [6, 6.07) is 6.58. The Kier molecular flexibility index (Phi) is 4.43. The zero-order valence-corrected chi connectivity index (χ0v) is 10.4. The van der Waals surface area contributed by atoms with E-state index in [-0.39, 0.29) is 0 Å². The molecule has 0 bridgehead atoms. The fourth-order valence-electron chi connectivity index (χ4n) is 1.49. The molecule has 1 aromatic carbocycles. The van der Waals surface area contributed by atoms with Gasteiger partial charge in [0.2, 0.25) is 0 Å². The third-order valence-electron chi connectivity index (χ3n) is 2.81. The molecule has 1 atom stereocenters. The fraction of sp³-hybridized carbons (Fsp3) is 0.500. The molecular formula is C12H19ClN2. The monoisotopic (exact) mass is 226 g/mol. The molecule has 0 saturated carbocycles. The molecule has 2 N–H and O–H groups in total. The Bertz CT molecular complexity index is 325. The predicted octanol–water partition coefficient (Wildman–Crippen LogP) is 2.82. The lowest BCUT2D eigenvalue weighted by Gasteiger charge is -2.27. The molecule has 1 unspecified atom stereocenters. The van der Waals surface area contributed by atoms with Crippen LogP contribution in [0.4, 0.5) is 5.69 Å². The molecule has 0 fully saturated rings. The highest BCUT2D eigenvalue weighted by Crippen LogP contribution is 2.23. The van der Waals surface area contributed by atoms with Gasteiger partial charge in [-0.1, -0.05) is 17.7 Å². The molecule has 1 aromatic rings. The number of hydrogen-bond acceptors (Lipinski definition) is 2. The lowest BCUT2D eigenvalue weighted by molar-refractivity contribution is 0.635. The van der Waals surface area contributed by atoms with Gasteiger partial charge in [0.25, 0.3) is 0 Å². The largest absolute Gasteiger partial charge is 0.372 e. The smallest absolute Gasteiger partial charge is 0.0455 e. The quantitative estimate of drug-likeness (QED) is 0.856. The highest BCUT2D eigenvalue weighted by atomic mass is 35.5. The summed E-state index contributed by atoms with van der Waals surface area (Å²) in [5.74, 6) is 0.